The normalized spacial score (nSPS) is 10.3. The number of ketones is 1. The molecule has 0 bridgehead atoms. The molecule has 15 heavy (non-hydrogen) atoms. The van der Waals surface area contributed by atoms with E-state index < -0.39 is 12.6 Å². The molecule has 1 heterocycles. The number of carboxylic acids is 1. The highest BCUT2D eigenvalue weighted by atomic mass is 79.9. The molecule has 0 radical (unpaired) electrons. The van der Waals surface area contributed by atoms with Crippen LogP contribution in [0.2, 0.25) is 0 Å². The van der Waals surface area contributed by atoms with Crippen molar-refractivity contribution in [1.29, 1.82) is 0 Å². The second-order valence-electron chi connectivity index (χ2n) is 2.54. The maximum atomic E-state index is 11.5. The first-order valence-corrected chi connectivity index (χ1v) is 6.24. The van der Waals surface area contributed by atoms with Crippen molar-refractivity contribution in [1.82, 2.24) is 0 Å². The van der Waals surface area contributed by atoms with Gasteiger partial charge in [-0.3, -0.25) is 4.79 Å². The fraction of sp³-hybridized carbons (Fsp3) is 0.250. The van der Waals surface area contributed by atoms with Crippen LogP contribution in [-0.2, 0) is 9.53 Å². The van der Waals surface area contributed by atoms with E-state index in [0.717, 1.165) is 4.47 Å². The Morgan fingerprint density at radius 2 is 2.07 bits per heavy atom. The molecule has 0 atom stereocenters. The zero-order valence-corrected chi connectivity index (χ0v) is 11.3. The van der Waals surface area contributed by atoms with E-state index in [4.69, 9.17) is 9.84 Å². The van der Waals surface area contributed by atoms with Crippen molar-refractivity contribution < 1.29 is 19.4 Å². The molecular formula is C8H6Br2O4S. The summed E-state index contributed by atoms with van der Waals surface area (Å²) in [6, 6.07) is 0. The minimum absolute atomic E-state index is 0.224. The van der Waals surface area contributed by atoms with Crippen LogP contribution < -0.4 is 0 Å². The van der Waals surface area contributed by atoms with Crippen LogP contribution in [0.3, 0.4) is 0 Å². The number of rotatable bonds is 5. The van der Waals surface area contributed by atoms with Crippen LogP contribution in [0.4, 0.5) is 0 Å². The maximum absolute atomic E-state index is 11.5. The van der Waals surface area contributed by atoms with Gasteiger partial charge in [-0.05, 0) is 31.9 Å². The molecule has 0 saturated carbocycles. The summed E-state index contributed by atoms with van der Waals surface area (Å²) in [7, 11) is 0. The minimum atomic E-state index is -1.09. The molecule has 1 aromatic heterocycles. The summed E-state index contributed by atoms with van der Waals surface area (Å²) in [5.74, 6) is -1.33. The first kappa shape index (κ1) is 12.8. The van der Waals surface area contributed by atoms with Crippen molar-refractivity contribution in [2.24, 2.45) is 0 Å². The molecule has 1 N–H and O–H groups in total. The lowest BCUT2D eigenvalue weighted by molar-refractivity contribution is -0.141. The van der Waals surface area contributed by atoms with E-state index in [2.05, 4.69) is 31.9 Å². The predicted octanol–water partition coefficient (Wildman–Crippen LogP) is 2.56. The Labute approximate surface area is 106 Å². The topological polar surface area (TPSA) is 63.6 Å². The van der Waals surface area contributed by atoms with Gasteiger partial charge in [0.2, 0.25) is 0 Å². The Balaban J connectivity index is 2.54. The van der Waals surface area contributed by atoms with Gasteiger partial charge in [-0.2, -0.15) is 0 Å². The molecule has 1 aromatic rings. The van der Waals surface area contributed by atoms with E-state index in [-0.39, 0.29) is 12.4 Å². The number of aliphatic carboxylic acids is 1. The van der Waals surface area contributed by atoms with Gasteiger partial charge in [0.25, 0.3) is 0 Å². The molecule has 0 aliphatic heterocycles. The van der Waals surface area contributed by atoms with Gasteiger partial charge < -0.3 is 9.84 Å². The van der Waals surface area contributed by atoms with Crippen molar-refractivity contribution in [3.63, 3.8) is 0 Å². The Hall–Kier alpha value is -0.240. The Bertz CT molecular complexity index is 388. The lowest BCUT2D eigenvalue weighted by atomic mass is 10.3. The lowest BCUT2D eigenvalue weighted by Crippen LogP contribution is -2.13. The quantitative estimate of drug-likeness (QED) is 0.822. The number of ether oxygens (including phenoxy) is 1. The van der Waals surface area contributed by atoms with Crippen LogP contribution in [-0.4, -0.2) is 30.1 Å². The maximum Gasteiger partial charge on any atom is 0.329 e. The monoisotopic (exact) mass is 356 g/mol. The molecule has 7 heteroatoms. The van der Waals surface area contributed by atoms with Gasteiger partial charge in [0.05, 0.1) is 9.35 Å². The number of Topliss-reactive ketones (excluding diaryl/α,β-unsaturated/α-hetero) is 1. The fourth-order valence-corrected chi connectivity index (χ4v) is 2.93. The molecular weight excluding hydrogens is 352 g/mol. The molecule has 1 rings (SSSR count). The number of carboxylic acid groups (broad SMARTS) is 1. The number of thiophene rings is 1. The highest BCUT2D eigenvalue weighted by Gasteiger charge is 2.15. The lowest BCUT2D eigenvalue weighted by Gasteiger charge is -1.99. The summed E-state index contributed by atoms with van der Waals surface area (Å²) in [6.45, 7) is -0.687. The van der Waals surface area contributed by atoms with Gasteiger partial charge in [0.1, 0.15) is 13.2 Å². The van der Waals surface area contributed by atoms with Gasteiger partial charge in [0.15, 0.2) is 5.78 Å². The molecule has 0 aliphatic rings. The van der Waals surface area contributed by atoms with Gasteiger partial charge in [-0.1, -0.05) is 0 Å². The predicted molar refractivity (Wildman–Crippen MR) is 62.5 cm³/mol. The van der Waals surface area contributed by atoms with Crippen LogP contribution in [0.1, 0.15) is 9.67 Å². The number of carbonyl (C=O) groups excluding carboxylic acids is 1. The van der Waals surface area contributed by atoms with Crippen LogP contribution >= 0.6 is 43.2 Å². The Kier molecular flexibility index (Phi) is 4.91. The summed E-state index contributed by atoms with van der Waals surface area (Å²) in [5, 5.41) is 10.1. The second-order valence-corrected chi connectivity index (χ2v) is 5.06. The molecule has 82 valence electrons. The van der Waals surface area contributed by atoms with Crippen molar-refractivity contribution in [3.8, 4) is 0 Å². The van der Waals surface area contributed by atoms with E-state index in [1.54, 1.807) is 5.38 Å². The summed E-state index contributed by atoms with van der Waals surface area (Å²) in [5.41, 5.74) is 0. The van der Waals surface area contributed by atoms with Crippen LogP contribution in [0.15, 0.2) is 14.3 Å². The van der Waals surface area contributed by atoms with Gasteiger partial charge in [0, 0.05) is 9.85 Å². The molecule has 0 saturated heterocycles. The van der Waals surface area contributed by atoms with E-state index in [1.165, 1.54) is 11.3 Å². The second kappa shape index (κ2) is 5.74. The van der Waals surface area contributed by atoms with E-state index in [0.29, 0.717) is 9.35 Å². The molecule has 0 aromatic carbocycles. The van der Waals surface area contributed by atoms with Crippen molar-refractivity contribution >= 4 is 54.9 Å². The molecule has 0 unspecified atom stereocenters. The summed E-state index contributed by atoms with van der Waals surface area (Å²) < 4.78 is 6.17. The standard InChI is InChI=1S/C8H6Br2O4S/c9-4-3-15-8(7(4)10)5(11)1-14-2-6(12)13/h3H,1-2H2,(H,12,13). The third-order valence-corrected chi connectivity index (χ3v) is 4.97. The molecule has 0 spiro atoms. The van der Waals surface area contributed by atoms with Crippen molar-refractivity contribution in [2.45, 2.75) is 0 Å². The van der Waals surface area contributed by atoms with Crippen LogP contribution in [0.25, 0.3) is 0 Å². The average molecular weight is 358 g/mol. The minimum Gasteiger partial charge on any atom is -0.480 e. The smallest absolute Gasteiger partial charge is 0.329 e. The average Bonchev–Trinajstić information content (AvgIpc) is 2.47. The number of hydrogen-bond donors (Lipinski definition) is 1. The summed E-state index contributed by atoms with van der Waals surface area (Å²) in [4.78, 5) is 22.2. The third kappa shape index (κ3) is 3.67. The molecule has 0 amide bonds. The van der Waals surface area contributed by atoms with Gasteiger partial charge >= 0.3 is 5.97 Å². The zero-order valence-electron chi connectivity index (χ0n) is 7.33. The zero-order chi connectivity index (χ0) is 11.4. The van der Waals surface area contributed by atoms with Crippen molar-refractivity contribution in [2.75, 3.05) is 13.2 Å². The van der Waals surface area contributed by atoms with E-state index in [1.807, 2.05) is 0 Å². The first-order chi connectivity index (χ1) is 7.02. The van der Waals surface area contributed by atoms with Gasteiger partial charge in [-0.25, -0.2) is 4.79 Å². The SMILES string of the molecule is O=C(O)COCC(=O)c1scc(Br)c1Br. The highest BCUT2D eigenvalue weighted by Crippen LogP contribution is 2.32. The largest absolute Gasteiger partial charge is 0.480 e. The molecule has 0 fully saturated rings. The molecule has 4 nitrogen and oxygen atoms in total. The summed E-state index contributed by atoms with van der Waals surface area (Å²) in [6.07, 6.45) is 0. The third-order valence-electron chi connectivity index (χ3n) is 1.40. The Morgan fingerprint density at radius 3 is 2.53 bits per heavy atom. The molecule has 0 aliphatic carbocycles. The highest BCUT2D eigenvalue weighted by molar-refractivity contribution is 9.13. The van der Waals surface area contributed by atoms with Crippen LogP contribution in [0.5, 0.6) is 0 Å². The van der Waals surface area contributed by atoms with Crippen LogP contribution in [0, 0.1) is 0 Å². The van der Waals surface area contributed by atoms with E-state index in [9.17, 15) is 9.59 Å². The first-order valence-electron chi connectivity index (χ1n) is 3.77. The number of carbonyl (C=O) groups is 2. The fourth-order valence-electron chi connectivity index (χ4n) is 0.807. The number of hydrogen-bond acceptors (Lipinski definition) is 4. The number of halogens is 2. The van der Waals surface area contributed by atoms with Crippen molar-refractivity contribution in [3.05, 3.63) is 19.2 Å². The van der Waals surface area contributed by atoms with Gasteiger partial charge in [-0.15, -0.1) is 11.3 Å². The Morgan fingerprint density at radius 1 is 1.40 bits per heavy atom. The summed E-state index contributed by atoms with van der Waals surface area (Å²) >= 11 is 7.77. The van der Waals surface area contributed by atoms with E-state index >= 15 is 0 Å².